The Hall–Kier alpha value is -1.36. The average Bonchev–Trinajstić information content (AvgIpc) is 3.28. The molecule has 23 heavy (non-hydrogen) atoms. The summed E-state index contributed by atoms with van der Waals surface area (Å²) in [6.07, 6.45) is 6.58. The van der Waals surface area contributed by atoms with Crippen LogP contribution in [0.3, 0.4) is 0 Å². The van der Waals surface area contributed by atoms with Gasteiger partial charge in [0.25, 0.3) is 5.91 Å². The fourth-order valence-electron chi connectivity index (χ4n) is 4.29. The van der Waals surface area contributed by atoms with E-state index in [0.29, 0.717) is 31.3 Å². The number of nitrogens with one attached hydrogen (secondary N) is 2. The molecule has 2 N–H and O–H groups in total. The number of amides is 2. The summed E-state index contributed by atoms with van der Waals surface area (Å²) in [5.41, 5.74) is 0. The first-order valence-corrected chi connectivity index (χ1v) is 9.62. The monoisotopic (exact) mass is 334 g/mol. The Bertz CT molecular complexity index is 543. The van der Waals surface area contributed by atoms with Crippen LogP contribution in [0.25, 0.3) is 0 Å². The van der Waals surface area contributed by atoms with Crippen molar-refractivity contribution in [3.05, 3.63) is 22.4 Å². The van der Waals surface area contributed by atoms with Gasteiger partial charge in [-0.15, -0.1) is 11.3 Å². The molecule has 2 saturated carbocycles. The van der Waals surface area contributed by atoms with Gasteiger partial charge in [-0.1, -0.05) is 12.5 Å². The van der Waals surface area contributed by atoms with Crippen molar-refractivity contribution >= 4 is 23.2 Å². The number of hydrogen-bond acceptors (Lipinski definition) is 3. The second-order valence-electron chi connectivity index (χ2n) is 7.03. The van der Waals surface area contributed by atoms with E-state index in [2.05, 4.69) is 17.6 Å². The molecule has 0 saturated heterocycles. The van der Waals surface area contributed by atoms with E-state index in [1.807, 2.05) is 17.5 Å². The molecule has 4 nitrogen and oxygen atoms in total. The summed E-state index contributed by atoms with van der Waals surface area (Å²) in [4.78, 5) is 24.6. The van der Waals surface area contributed by atoms with Gasteiger partial charge in [0.2, 0.25) is 5.91 Å². The molecule has 4 unspecified atom stereocenters. The van der Waals surface area contributed by atoms with Crippen LogP contribution in [-0.4, -0.2) is 24.4 Å². The minimum Gasteiger partial charge on any atom is -0.353 e. The molecule has 126 valence electrons. The summed E-state index contributed by atoms with van der Waals surface area (Å²) in [6, 6.07) is 3.96. The number of thiophene rings is 1. The summed E-state index contributed by atoms with van der Waals surface area (Å²) in [6.45, 7) is 2.70. The van der Waals surface area contributed by atoms with Gasteiger partial charge in [-0.05, 0) is 61.8 Å². The van der Waals surface area contributed by atoms with Gasteiger partial charge >= 0.3 is 0 Å². The zero-order valence-electron chi connectivity index (χ0n) is 13.7. The van der Waals surface area contributed by atoms with Crippen LogP contribution in [0.15, 0.2) is 17.5 Å². The Morgan fingerprint density at radius 1 is 1.35 bits per heavy atom. The number of hydrogen-bond donors (Lipinski definition) is 2. The zero-order chi connectivity index (χ0) is 16.2. The Labute approximate surface area is 142 Å². The van der Waals surface area contributed by atoms with Crippen molar-refractivity contribution in [3.63, 3.8) is 0 Å². The third kappa shape index (κ3) is 4.14. The number of rotatable bonds is 7. The maximum atomic E-state index is 12.1. The van der Waals surface area contributed by atoms with Gasteiger partial charge in [0.05, 0.1) is 4.88 Å². The van der Waals surface area contributed by atoms with E-state index in [1.165, 1.54) is 37.0 Å². The Kier molecular flexibility index (Phi) is 5.36. The minimum absolute atomic E-state index is 0.0456. The highest BCUT2D eigenvalue weighted by Gasteiger charge is 2.41. The smallest absolute Gasteiger partial charge is 0.261 e. The van der Waals surface area contributed by atoms with Crippen molar-refractivity contribution < 1.29 is 9.59 Å². The summed E-state index contributed by atoms with van der Waals surface area (Å²) in [7, 11) is 0. The highest BCUT2D eigenvalue weighted by Crippen LogP contribution is 2.49. The fourth-order valence-corrected chi connectivity index (χ4v) is 4.93. The standard InChI is InChI=1S/C18H26N2O2S/c1-12(15-11-13-6-7-14(15)10-13)20-17(21)5-2-8-19-18(22)16-4-3-9-23-16/h3-4,9,12-15H,2,5-8,10-11H2,1H3,(H,19,22)(H,20,21). The molecule has 0 aliphatic heterocycles. The molecule has 1 aromatic rings. The molecule has 0 aromatic carbocycles. The molecule has 2 amide bonds. The summed E-state index contributed by atoms with van der Waals surface area (Å²) in [5.74, 6) is 2.50. The van der Waals surface area contributed by atoms with Crippen LogP contribution in [0, 0.1) is 17.8 Å². The van der Waals surface area contributed by atoms with Crippen LogP contribution in [0.1, 0.15) is 55.1 Å². The third-order valence-corrected chi connectivity index (χ3v) is 6.30. The number of carbonyl (C=O) groups excluding carboxylic acids is 2. The van der Waals surface area contributed by atoms with Crippen LogP contribution < -0.4 is 10.6 Å². The van der Waals surface area contributed by atoms with E-state index < -0.39 is 0 Å². The van der Waals surface area contributed by atoms with E-state index in [0.717, 1.165) is 16.7 Å². The van der Waals surface area contributed by atoms with Gasteiger partial charge in [0.15, 0.2) is 0 Å². The number of fused-ring (bicyclic) bond motifs is 2. The molecule has 2 aliphatic rings. The lowest BCUT2D eigenvalue weighted by atomic mass is 9.84. The molecule has 0 spiro atoms. The van der Waals surface area contributed by atoms with Gasteiger partial charge in [0, 0.05) is 19.0 Å². The third-order valence-electron chi connectivity index (χ3n) is 5.43. The van der Waals surface area contributed by atoms with Gasteiger partial charge < -0.3 is 10.6 Å². The van der Waals surface area contributed by atoms with Crippen molar-refractivity contribution in [3.8, 4) is 0 Å². The molecule has 3 rings (SSSR count). The van der Waals surface area contributed by atoms with E-state index in [-0.39, 0.29) is 11.8 Å². The first-order chi connectivity index (χ1) is 11.1. The van der Waals surface area contributed by atoms with Crippen molar-refractivity contribution in [2.45, 2.75) is 51.5 Å². The first kappa shape index (κ1) is 16.5. The molecular weight excluding hydrogens is 308 g/mol. The van der Waals surface area contributed by atoms with Crippen molar-refractivity contribution in [1.29, 1.82) is 0 Å². The highest BCUT2D eigenvalue weighted by atomic mass is 32.1. The van der Waals surface area contributed by atoms with E-state index in [9.17, 15) is 9.59 Å². The van der Waals surface area contributed by atoms with Gasteiger partial charge in [0.1, 0.15) is 0 Å². The Morgan fingerprint density at radius 3 is 2.87 bits per heavy atom. The van der Waals surface area contributed by atoms with Crippen molar-refractivity contribution in [2.24, 2.45) is 17.8 Å². The fraction of sp³-hybridized carbons (Fsp3) is 0.667. The van der Waals surface area contributed by atoms with Crippen LogP contribution in [0.5, 0.6) is 0 Å². The lowest BCUT2D eigenvalue weighted by Crippen LogP contribution is -2.40. The van der Waals surface area contributed by atoms with E-state index in [4.69, 9.17) is 0 Å². The summed E-state index contributed by atoms with van der Waals surface area (Å²) < 4.78 is 0. The predicted molar refractivity (Wildman–Crippen MR) is 92.4 cm³/mol. The number of carbonyl (C=O) groups is 2. The quantitative estimate of drug-likeness (QED) is 0.752. The highest BCUT2D eigenvalue weighted by molar-refractivity contribution is 7.12. The molecule has 5 heteroatoms. The molecule has 2 aliphatic carbocycles. The predicted octanol–water partition coefficient (Wildman–Crippen LogP) is 3.20. The van der Waals surface area contributed by atoms with Crippen LogP contribution >= 0.6 is 11.3 Å². The Balaban J connectivity index is 1.31. The largest absolute Gasteiger partial charge is 0.353 e. The second kappa shape index (κ2) is 7.47. The lowest BCUT2D eigenvalue weighted by Gasteiger charge is -2.28. The summed E-state index contributed by atoms with van der Waals surface area (Å²) in [5, 5.41) is 7.92. The van der Waals surface area contributed by atoms with Crippen LogP contribution in [0.4, 0.5) is 0 Å². The van der Waals surface area contributed by atoms with Crippen LogP contribution in [-0.2, 0) is 4.79 Å². The SMILES string of the molecule is CC(NC(=O)CCCNC(=O)c1cccs1)C1CC2CCC1C2. The maximum Gasteiger partial charge on any atom is 0.261 e. The van der Waals surface area contributed by atoms with Gasteiger partial charge in [-0.3, -0.25) is 9.59 Å². The first-order valence-electron chi connectivity index (χ1n) is 8.74. The normalized spacial score (nSPS) is 26.9. The van der Waals surface area contributed by atoms with Crippen LogP contribution in [0.2, 0.25) is 0 Å². The average molecular weight is 334 g/mol. The minimum atomic E-state index is -0.0456. The molecule has 4 atom stereocenters. The van der Waals surface area contributed by atoms with E-state index in [1.54, 1.807) is 0 Å². The van der Waals surface area contributed by atoms with Gasteiger partial charge in [-0.2, -0.15) is 0 Å². The van der Waals surface area contributed by atoms with Gasteiger partial charge in [-0.25, -0.2) is 0 Å². The maximum absolute atomic E-state index is 12.1. The molecule has 2 bridgehead atoms. The molecule has 1 heterocycles. The topological polar surface area (TPSA) is 58.2 Å². The molecule has 2 fully saturated rings. The van der Waals surface area contributed by atoms with Crippen molar-refractivity contribution in [1.82, 2.24) is 10.6 Å². The summed E-state index contributed by atoms with van der Waals surface area (Å²) >= 11 is 1.43. The second-order valence-corrected chi connectivity index (χ2v) is 7.98. The van der Waals surface area contributed by atoms with E-state index >= 15 is 0 Å². The molecule has 0 radical (unpaired) electrons. The Morgan fingerprint density at radius 2 is 2.22 bits per heavy atom. The van der Waals surface area contributed by atoms with Crippen molar-refractivity contribution in [2.75, 3.05) is 6.54 Å². The molecular formula is C18H26N2O2S. The zero-order valence-corrected chi connectivity index (χ0v) is 14.5. The molecule has 1 aromatic heterocycles. The lowest BCUT2D eigenvalue weighted by molar-refractivity contribution is -0.122.